The number of unbranched alkanes of at least 4 members (excludes halogenated alkanes) is 7. The van der Waals surface area contributed by atoms with Crippen molar-refractivity contribution in [2.45, 2.75) is 51.4 Å². The van der Waals surface area contributed by atoms with Crippen LogP contribution in [0.2, 0.25) is 0 Å². The van der Waals surface area contributed by atoms with E-state index in [2.05, 4.69) is 155 Å². The minimum absolute atomic E-state index is 0.0430. The van der Waals surface area contributed by atoms with Gasteiger partial charge in [-0.05, 0) is 143 Å². The lowest BCUT2D eigenvalue weighted by Gasteiger charge is -2.27. The Morgan fingerprint density at radius 2 is 1.12 bits per heavy atom. The van der Waals surface area contributed by atoms with Gasteiger partial charge in [-0.15, -0.1) is 0 Å². The summed E-state index contributed by atoms with van der Waals surface area (Å²) >= 11 is 13.7. The van der Waals surface area contributed by atoms with Crippen molar-refractivity contribution in [3.63, 3.8) is 0 Å². The lowest BCUT2D eigenvalue weighted by Crippen LogP contribution is -2.33. The molecule has 0 unspecified atom stereocenters. The van der Waals surface area contributed by atoms with Crippen LogP contribution in [0.25, 0.3) is 33.4 Å². The molecular formula is C48H42Br4O5P+. The maximum Gasteiger partial charge on any atom is 0.338 e. The molecule has 296 valence electrons. The molecule has 10 heteroatoms. The third-order valence-electron chi connectivity index (χ3n) is 10.7. The molecule has 5 nitrogen and oxygen atoms in total. The number of phenols is 1. The Bertz CT molecular complexity index is 2450. The van der Waals surface area contributed by atoms with Crippen LogP contribution in [0.4, 0.5) is 0 Å². The van der Waals surface area contributed by atoms with Crippen LogP contribution in [-0.2, 0) is 4.74 Å². The molecular weight excluding hydrogens is 1010 g/mol. The number of hydrogen-bond acceptors (Lipinski definition) is 5. The number of carbonyl (C=O) groups is 1. The number of rotatable bonds is 16. The maximum atomic E-state index is 13.7. The van der Waals surface area contributed by atoms with Gasteiger partial charge in [-0.25, -0.2) is 4.79 Å². The number of esters is 1. The highest BCUT2D eigenvalue weighted by Gasteiger charge is 2.44. The molecule has 0 amide bonds. The maximum absolute atomic E-state index is 13.7. The Balaban J connectivity index is 0.949. The lowest BCUT2D eigenvalue weighted by atomic mass is 9.91. The minimum Gasteiger partial charge on any atom is -0.505 e. The van der Waals surface area contributed by atoms with E-state index in [0.717, 1.165) is 31.8 Å². The van der Waals surface area contributed by atoms with Gasteiger partial charge in [-0.3, -0.25) is 4.79 Å². The van der Waals surface area contributed by atoms with Crippen molar-refractivity contribution in [2.24, 2.45) is 0 Å². The lowest BCUT2D eigenvalue weighted by molar-refractivity contribution is 0.0498. The highest BCUT2D eigenvalue weighted by molar-refractivity contribution is 9.11. The molecule has 5 aromatic carbocycles. The van der Waals surface area contributed by atoms with E-state index in [0.29, 0.717) is 59.0 Å². The summed E-state index contributed by atoms with van der Waals surface area (Å²) in [6, 6.07) is 44.1. The zero-order valence-corrected chi connectivity index (χ0v) is 39.0. The molecule has 1 aliphatic heterocycles. The van der Waals surface area contributed by atoms with E-state index in [1.54, 1.807) is 18.2 Å². The molecule has 0 radical (unpaired) electrons. The van der Waals surface area contributed by atoms with Crippen LogP contribution in [0.1, 0.15) is 61.7 Å². The van der Waals surface area contributed by atoms with E-state index in [1.165, 1.54) is 41.6 Å². The molecule has 58 heavy (non-hydrogen) atoms. The molecule has 1 N–H and O–H groups in total. The first-order valence-corrected chi connectivity index (χ1v) is 24.6. The average molecular weight is 1050 g/mol. The van der Waals surface area contributed by atoms with Crippen LogP contribution in [0.15, 0.2) is 154 Å². The zero-order valence-electron chi connectivity index (χ0n) is 31.7. The van der Waals surface area contributed by atoms with Gasteiger partial charge >= 0.3 is 5.97 Å². The van der Waals surface area contributed by atoms with E-state index in [4.69, 9.17) is 9.15 Å². The molecule has 2 aliphatic rings. The van der Waals surface area contributed by atoms with Crippen LogP contribution in [-0.4, -0.2) is 23.8 Å². The molecule has 7 rings (SSSR count). The van der Waals surface area contributed by atoms with Crippen molar-refractivity contribution in [3.8, 4) is 28.2 Å². The molecule has 1 aliphatic carbocycles. The Hall–Kier alpha value is -3.59. The normalized spacial score (nSPS) is 11.7. The molecule has 0 spiro atoms. The van der Waals surface area contributed by atoms with Crippen molar-refractivity contribution < 1.29 is 19.1 Å². The van der Waals surface area contributed by atoms with Crippen LogP contribution < -0.4 is 21.3 Å². The standard InChI is InChI=1S/C48H41Br4O5P/c49-39-30-37-41(38-31-40(50)45(54)43(52)47(38)57-46(37)42(51)44(39)53)35-26-16-17-27-36(35)48(55)56-28-18-5-3-1-2-4-6-19-29-58(32-20-10-7-11-21-32,33-22-12-8-13-23-33)34-24-14-9-15-25-34/h7-17,20-27,30-31H,1-6,18-19,28-29H2/p+1. The summed E-state index contributed by atoms with van der Waals surface area (Å²) in [7, 11) is -1.79. The highest BCUT2D eigenvalue weighted by Crippen LogP contribution is 2.56. The summed E-state index contributed by atoms with van der Waals surface area (Å²) in [4.78, 5) is 26.6. The first kappa shape index (κ1) is 42.5. The number of halogens is 4. The van der Waals surface area contributed by atoms with Gasteiger partial charge in [0, 0.05) is 16.5 Å². The molecule has 5 aromatic rings. The van der Waals surface area contributed by atoms with Crippen molar-refractivity contribution >= 4 is 104 Å². The first-order chi connectivity index (χ1) is 28.2. The average Bonchev–Trinajstić information content (AvgIpc) is 3.26. The summed E-state index contributed by atoms with van der Waals surface area (Å²) in [5.74, 6) is -0.172. The molecule has 0 bridgehead atoms. The van der Waals surface area contributed by atoms with E-state index < -0.39 is 13.2 Å². The minimum atomic E-state index is -1.79. The van der Waals surface area contributed by atoms with Crippen molar-refractivity contribution in [1.82, 2.24) is 0 Å². The van der Waals surface area contributed by atoms with E-state index in [-0.39, 0.29) is 15.7 Å². The van der Waals surface area contributed by atoms with Crippen molar-refractivity contribution in [2.75, 3.05) is 12.8 Å². The van der Waals surface area contributed by atoms with Crippen molar-refractivity contribution in [3.05, 3.63) is 161 Å². The Morgan fingerprint density at radius 3 is 1.71 bits per heavy atom. The monoisotopic (exact) mass is 1040 g/mol. The van der Waals surface area contributed by atoms with Gasteiger partial charge in [0.2, 0.25) is 5.43 Å². The summed E-state index contributed by atoms with van der Waals surface area (Å²) < 4.78 is 13.4. The summed E-state index contributed by atoms with van der Waals surface area (Å²) in [5.41, 5.74) is 2.35. The molecule has 1 heterocycles. The van der Waals surface area contributed by atoms with E-state index in [9.17, 15) is 14.7 Å². The predicted octanol–water partition coefficient (Wildman–Crippen LogP) is 13.6. The van der Waals surface area contributed by atoms with Gasteiger partial charge < -0.3 is 14.3 Å². The number of phenolic OH excluding ortho intramolecular Hbond substituents is 1. The van der Waals surface area contributed by atoms with E-state index >= 15 is 0 Å². The second-order valence-corrected chi connectivity index (χ2v) is 21.2. The SMILES string of the molecule is O=C(OCCCCCCCCCC[P+](c1ccccc1)(c1ccccc1)c1ccccc1)c1ccccc1-c1c2cc(Br)c(=O)c(Br)c-2oc2c(Br)c(O)c(Br)cc12. The Labute approximate surface area is 373 Å². The smallest absolute Gasteiger partial charge is 0.338 e. The first-order valence-electron chi connectivity index (χ1n) is 19.5. The van der Waals surface area contributed by atoms with Crippen LogP contribution in [0.3, 0.4) is 0 Å². The number of aromatic hydroxyl groups is 1. The fourth-order valence-corrected chi connectivity index (χ4v) is 14.6. The summed E-state index contributed by atoms with van der Waals surface area (Å²) in [6.45, 7) is 0.324. The fourth-order valence-electron chi connectivity index (χ4n) is 7.80. The van der Waals surface area contributed by atoms with Crippen LogP contribution >= 0.6 is 71.0 Å². The van der Waals surface area contributed by atoms with Gasteiger partial charge in [0.15, 0.2) is 11.3 Å². The Kier molecular flexibility index (Phi) is 14.4. The molecule has 0 saturated heterocycles. The zero-order chi connectivity index (χ0) is 40.6. The molecule has 0 atom stereocenters. The third kappa shape index (κ3) is 8.95. The van der Waals surface area contributed by atoms with Gasteiger partial charge in [-0.1, -0.05) is 105 Å². The summed E-state index contributed by atoms with van der Waals surface area (Å²) in [6.07, 6.45) is 9.95. The van der Waals surface area contributed by atoms with Crippen molar-refractivity contribution in [1.29, 1.82) is 0 Å². The van der Waals surface area contributed by atoms with Crippen LogP contribution in [0, 0.1) is 0 Å². The van der Waals surface area contributed by atoms with E-state index in [1.807, 2.05) is 18.2 Å². The molecule has 0 fully saturated rings. The highest BCUT2D eigenvalue weighted by atomic mass is 79.9. The quantitative estimate of drug-likeness (QED) is 0.0452. The van der Waals surface area contributed by atoms with Crippen LogP contribution in [0.5, 0.6) is 5.75 Å². The molecule has 0 saturated carbocycles. The second kappa shape index (κ2) is 19.6. The van der Waals surface area contributed by atoms with Gasteiger partial charge in [0.05, 0.1) is 27.3 Å². The number of carbonyl (C=O) groups excluding carboxylic acids is 1. The number of hydrogen-bond donors (Lipinski definition) is 1. The number of ether oxygens (including phenoxy) is 1. The topological polar surface area (TPSA) is 76.7 Å². The molecule has 0 aromatic heterocycles. The second-order valence-electron chi connectivity index (χ2n) is 14.3. The number of fused-ring (bicyclic) bond motifs is 2. The Morgan fingerprint density at radius 1 is 0.603 bits per heavy atom. The third-order valence-corrected chi connectivity index (χ3v) is 17.8. The van der Waals surface area contributed by atoms with Gasteiger partial charge in [0.25, 0.3) is 0 Å². The predicted molar refractivity (Wildman–Crippen MR) is 254 cm³/mol. The fraction of sp³-hybridized carbons (Fsp3) is 0.208. The van der Waals surface area contributed by atoms with Gasteiger partial charge in [0.1, 0.15) is 37.9 Å². The number of benzene rings is 6. The van der Waals surface area contributed by atoms with Gasteiger partial charge in [-0.2, -0.15) is 0 Å². The largest absolute Gasteiger partial charge is 0.505 e. The summed E-state index contributed by atoms with van der Waals surface area (Å²) in [5, 5.41) is 15.7.